The van der Waals surface area contributed by atoms with Crippen LogP contribution in [-0.4, -0.2) is 26.1 Å². The van der Waals surface area contributed by atoms with Crippen molar-refractivity contribution in [3.05, 3.63) is 46.7 Å². The number of benzene rings is 1. The van der Waals surface area contributed by atoms with Gasteiger partial charge in [0.05, 0.1) is 4.88 Å². The number of hydrogen-bond donors (Lipinski definition) is 1. The van der Waals surface area contributed by atoms with E-state index in [1.807, 2.05) is 35.7 Å². The van der Waals surface area contributed by atoms with Crippen LogP contribution < -0.4 is 5.32 Å². The van der Waals surface area contributed by atoms with Crippen LogP contribution in [0.5, 0.6) is 0 Å². The second-order valence-corrected chi connectivity index (χ2v) is 5.09. The van der Waals surface area contributed by atoms with Crippen LogP contribution in [0, 0.1) is 0 Å². The molecule has 1 amide bonds. The molecule has 100 valence electrons. The molecule has 0 aliphatic rings. The summed E-state index contributed by atoms with van der Waals surface area (Å²) >= 11 is 1.41. The quantitative estimate of drug-likeness (QED) is 0.800. The van der Waals surface area contributed by atoms with Gasteiger partial charge >= 0.3 is 0 Å². The van der Waals surface area contributed by atoms with E-state index in [0.717, 1.165) is 5.56 Å². The molecule has 3 aromatic rings. The summed E-state index contributed by atoms with van der Waals surface area (Å²) < 4.78 is 1.58. The molecule has 0 unspecified atom stereocenters. The van der Waals surface area contributed by atoms with Crippen molar-refractivity contribution in [2.45, 2.75) is 0 Å². The van der Waals surface area contributed by atoms with E-state index in [1.165, 1.54) is 11.3 Å². The molecule has 7 heteroatoms. The maximum Gasteiger partial charge on any atom is 0.265 e. The minimum Gasteiger partial charge on any atom is -0.321 e. The molecular formula is C13H11N5OS. The van der Waals surface area contributed by atoms with Gasteiger partial charge in [-0.2, -0.15) is 0 Å². The van der Waals surface area contributed by atoms with Crippen molar-refractivity contribution < 1.29 is 4.79 Å². The number of thiophene rings is 1. The van der Waals surface area contributed by atoms with Gasteiger partial charge in [-0.3, -0.25) is 4.79 Å². The zero-order valence-corrected chi connectivity index (χ0v) is 11.5. The summed E-state index contributed by atoms with van der Waals surface area (Å²) in [6, 6.07) is 11.1. The zero-order chi connectivity index (χ0) is 13.9. The first-order chi connectivity index (χ1) is 9.74. The first-order valence-electron chi connectivity index (χ1n) is 5.92. The average Bonchev–Trinajstić information content (AvgIpc) is 3.10. The number of aryl methyl sites for hydroxylation is 1. The normalized spacial score (nSPS) is 10.4. The van der Waals surface area contributed by atoms with Crippen LogP contribution in [0.3, 0.4) is 0 Å². The lowest BCUT2D eigenvalue weighted by molar-refractivity contribution is 0.103. The van der Waals surface area contributed by atoms with Gasteiger partial charge in [-0.05, 0) is 34.0 Å². The van der Waals surface area contributed by atoms with E-state index >= 15 is 0 Å². The third-order valence-electron chi connectivity index (χ3n) is 2.74. The molecule has 1 aromatic carbocycles. The molecule has 0 saturated heterocycles. The largest absolute Gasteiger partial charge is 0.321 e. The lowest BCUT2D eigenvalue weighted by Gasteiger charge is -2.05. The van der Waals surface area contributed by atoms with Gasteiger partial charge in [-0.1, -0.05) is 18.2 Å². The van der Waals surface area contributed by atoms with Crippen molar-refractivity contribution in [3.63, 3.8) is 0 Å². The van der Waals surface area contributed by atoms with Crippen molar-refractivity contribution >= 4 is 22.9 Å². The maximum atomic E-state index is 12.0. The number of amides is 1. The first-order valence-corrected chi connectivity index (χ1v) is 6.79. The van der Waals surface area contributed by atoms with E-state index in [4.69, 9.17) is 0 Å². The lowest BCUT2D eigenvalue weighted by atomic mass is 10.2. The van der Waals surface area contributed by atoms with E-state index in [-0.39, 0.29) is 5.91 Å². The highest BCUT2D eigenvalue weighted by Gasteiger charge is 2.09. The average molecular weight is 285 g/mol. The summed E-state index contributed by atoms with van der Waals surface area (Å²) in [6.45, 7) is 0. The van der Waals surface area contributed by atoms with E-state index in [1.54, 1.807) is 17.8 Å². The van der Waals surface area contributed by atoms with Crippen molar-refractivity contribution in [2.24, 2.45) is 7.05 Å². The number of aromatic nitrogens is 4. The Morgan fingerprint density at radius 3 is 2.90 bits per heavy atom. The molecular weight excluding hydrogens is 274 g/mol. The molecule has 0 bridgehead atoms. The van der Waals surface area contributed by atoms with E-state index in [0.29, 0.717) is 16.4 Å². The molecule has 0 saturated carbocycles. The van der Waals surface area contributed by atoms with Crippen LogP contribution in [0.15, 0.2) is 41.8 Å². The summed E-state index contributed by atoms with van der Waals surface area (Å²) in [5.41, 5.74) is 1.56. The smallest absolute Gasteiger partial charge is 0.265 e. The molecule has 0 radical (unpaired) electrons. The summed E-state index contributed by atoms with van der Waals surface area (Å²) in [6.07, 6.45) is 0. The minimum absolute atomic E-state index is 0.117. The zero-order valence-electron chi connectivity index (χ0n) is 10.6. The highest BCUT2D eigenvalue weighted by atomic mass is 32.1. The predicted octanol–water partition coefficient (Wildman–Crippen LogP) is 2.19. The molecule has 2 heterocycles. The second kappa shape index (κ2) is 5.22. The van der Waals surface area contributed by atoms with Gasteiger partial charge in [0, 0.05) is 18.3 Å². The Labute approximate surface area is 119 Å². The third-order valence-corrected chi connectivity index (χ3v) is 3.61. The van der Waals surface area contributed by atoms with Crippen LogP contribution in [0.25, 0.3) is 11.4 Å². The van der Waals surface area contributed by atoms with Gasteiger partial charge in [0.25, 0.3) is 5.91 Å². The number of nitrogens with zero attached hydrogens (tertiary/aromatic N) is 4. The van der Waals surface area contributed by atoms with Gasteiger partial charge in [0.2, 0.25) is 0 Å². The lowest BCUT2D eigenvalue weighted by Crippen LogP contribution is -2.10. The van der Waals surface area contributed by atoms with Gasteiger partial charge in [0.15, 0.2) is 5.82 Å². The summed E-state index contributed by atoms with van der Waals surface area (Å²) in [5.74, 6) is 0.533. The van der Waals surface area contributed by atoms with Gasteiger partial charge in [0.1, 0.15) is 0 Å². The molecule has 3 rings (SSSR count). The molecule has 0 aliphatic carbocycles. The van der Waals surface area contributed by atoms with E-state index in [2.05, 4.69) is 20.8 Å². The standard InChI is InChI=1S/C13H11N5OS/c1-18-12(15-16-17-18)9-4-2-5-10(8-9)14-13(19)11-6-3-7-20-11/h2-8H,1H3,(H,14,19). The molecule has 1 N–H and O–H groups in total. The number of carbonyl (C=O) groups is 1. The predicted molar refractivity (Wildman–Crippen MR) is 76.5 cm³/mol. The Bertz CT molecular complexity index is 735. The number of anilines is 1. The SMILES string of the molecule is Cn1nnnc1-c1cccc(NC(=O)c2cccs2)c1. The Morgan fingerprint density at radius 1 is 1.30 bits per heavy atom. The summed E-state index contributed by atoms with van der Waals surface area (Å²) in [4.78, 5) is 12.7. The van der Waals surface area contributed by atoms with Gasteiger partial charge in [-0.15, -0.1) is 16.4 Å². The monoisotopic (exact) mass is 285 g/mol. The van der Waals surface area contributed by atoms with Crippen LogP contribution in [0.1, 0.15) is 9.67 Å². The topological polar surface area (TPSA) is 72.7 Å². The van der Waals surface area contributed by atoms with Crippen LogP contribution in [0.4, 0.5) is 5.69 Å². The minimum atomic E-state index is -0.117. The van der Waals surface area contributed by atoms with Crippen molar-refractivity contribution in [2.75, 3.05) is 5.32 Å². The molecule has 0 spiro atoms. The molecule has 0 atom stereocenters. The van der Waals surface area contributed by atoms with Crippen molar-refractivity contribution in [1.29, 1.82) is 0 Å². The molecule has 20 heavy (non-hydrogen) atoms. The van der Waals surface area contributed by atoms with Crippen molar-refractivity contribution in [1.82, 2.24) is 20.2 Å². The maximum absolute atomic E-state index is 12.0. The number of carbonyl (C=O) groups excluding carboxylic acids is 1. The fourth-order valence-electron chi connectivity index (χ4n) is 1.81. The third kappa shape index (κ3) is 2.43. The molecule has 2 aromatic heterocycles. The number of rotatable bonds is 3. The summed E-state index contributed by atoms with van der Waals surface area (Å²) in [5, 5.41) is 16.1. The van der Waals surface area contributed by atoms with Crippen LogP contribution in [-0.2, 0) is 7.05 Å². The fourth-order valence-corrected chi connectivity index (χ4v) is 2.43. The van der Waals surface area contributed by atoms with Gasteiger partial charge < -0.3 is 5.32 Å². The fraction of sp³-hybridized carbons (Fsp3) is 0.0769. The number of hydrogen-bond acceptors (Lipinski definition) is 5. The Balaban J connectivity index is 1.85. The van der Waals surface area contributed by atoms with E-state index in [9.17, 15) is 4.79 Å². The van der Waals surface area contributed by atoms with Crippen LogP contribution in [0.2, 0.25) is 0 Å². The highest BCUT2D eigenvalue weighted by Crippen LogP contribution is 2.20. The molecule has 6 nitrogen and oxygen atoms in total. The highest BCUT2D eigenvalue weighted by molar-refractivity contribution is 7.12. The second-order valence-electron chi connectivity index (χ2n) is 4.14. The van der Waals surface area contributed by atoms with Gasteiger partial charge in [-0.25, -0.2) is 4.68 Å². The first kappa shape index (κ1) is 12.5. The molecule has 0 aliphatic heterocycles. The Morgan fingerprint density at radius 2 is 2.20 bits per heavy atom. The number of tetrazole rings is 1. The Hall–Kier alpha value is -2.54. The van der Waals surface area contributed by atoms with Crippen LogP contribution >= 0.6 is 11.3 Å². The number of nitrogens with one attached hydrogen (secondary N) is 1. The Kier molecular flexibility index (Phi) is 3.26. The summed E-state index contributed by atoms with van der Waals surface area (Å²) in [7, 11) is 1.77. The van der Waals surface area contributed by atoms with E-state index < -0.39 is 0 Å². The molecule has 0 fully saturated rings. The van der Waals surface area contributed by atoms with Crippen molar-refractivity contribution in [3.8, 4) is 11.4 Å².